The molecular formula is C19H22ClFN2O3S2. The Hall–Kier alpha value is -1.77. The Bertz CT molecular complexity index is 892. The van der Waals surface area contributed by atoms with Crippen molar-refractivity contribution in [2.45, 2.75) is 12.2 Å². The molecule has 2 aromatic rings. The van der Waals surface area contributed by atoms with E-state index >= 15 is 0 Å². The van der Waals surface area contributed by atoms with Crippen molar-refractivity contribution in [1.29, 1.82) is 0 Å². The maximum atomic E-state index is 13.4. The van der Waals surface area contributed by atoms with E-state index in [4.69, 9.17) is 11.6 Å². The van der Waals surface area contributed by atoms with E-state index in [2.05, 4.69) is 5.32 Å². The van der Waals surface area contributed by atoms with E-state index in [1.807, 2.05) is 24.3 Å². The molecule has 0 radical (unpaired) electrons. The van der Waals surface area contributed by atoms with Crippen LogP contribution in [0.4, 0.5) is 10.1 Å². The van der Waals surface area contributed by atoms with Gasteiger partial charge in [0.25, 0.3) is 0 Å². The Morgan fingerprint density at radius 1 is 1.21 bits per heavy atom. The topological polar surface area (TPSA) is 66.5 Å². The zero-order valence-electron chi connectivity index (χ0n) is 15.4. The van der Waals surface area contributed by atoms with Crippen LogP contribution in [0.25, 0.3) is 0 Å². The summed E-state index contributed by atoms with van der Waals surface area (Å²) in [5, 5.41) is 3.41. The van der Waals surface area contributed by atoms with E-state index in [9.17, 15) is 17.6 Å². The fraction of sp³-hybridized carbons (Fsp3) is 0.316. The standard InChI is InChI=1S/C19H22ClFN2O3S2/c1-28(25,26)23(18-5-2-4-17(21)12-18)13-19(24)22-10-3-11-27-14-15-6-8-16(20)9-7-15/h2,4-9,12H,3,10-11,13-14H2,1H3,(H,22,24). The number of hydrogen-bond acceptors (Lipinski definition) is 4. The lowest BCUT2D eigenvalue weighted by Crippen LogP contribution is -2.40. The number of sulfonamides is 1. The van der Waals surface area contributed by atoms with Gasteiger partial charge in [-0.1, -0.05) is 29.8 Å². The normalized spacial score (nSPS) is 11.2. The number of thioether (sulfide) groups is 1. The van der Waals surface area contributed by atoms with Crippen LogP contribution in [-0.4, -0.2) is 39.4 Å². The zero-order chi connectivity index (χ0) is 20.6. The fourth-order valence-corrected chi connectivity index (χ4v) is 4.29. The molecule has 1 amide bonds. The third-order valence-electron chi connectivity index (χ3n) is 3.75. The second kappa shape index (κ2) is 10.7. The Labute approximate surface area is 174 Å². The van der Waals surface area contributed by atoms with Gasteiger partial charge in [-0.05, 0) is 48.1 Å². The molecule has 0 aromatic heterocycles. The summed E-state index contributed by atoms with van der Waals surface area (Å²) in [6, 6.07) is 12.8. The first-order valence-electron chi connectivity index (χ1n) is 8.58. The largest absolute Gasteiger partial charge is 0.354 e. The van der Waals surface area contributed by atoms with Crippen LogP contribution in [0.3, 0.4) is 0 Å². The second-order valence-electron chi connectivity index (χ2n) is 6.13. The summed E-state index contributed by atoms with van der Waals surface area (Å²) in [7, 11) is -3.71. The smallest absolute Gasteiger partial charge is 0.240 e. The highest BCUT2D eigenvalue weighted by atomic mass is 35.5. The quantitative estimate of drug-likeness (QED) is 0.567. The van der Waals surface area contributed by atoms with Crippen LogP contribution >= 0.6 is 23.4 Å². The van der Waals surface area contributed by atoms with Gasteiger partial charge in [0.15, 0.2) is 0 Å². The molecular weight excluding hydrogens is 423 g/mol. The van der Waals surface area contributed by atoms with Crippen molar-refractivity contribution in [2.24, 2.45) is 0 Å². The molecule has 0 fully saturated rings. The minimum atomic E-state index is -3.71. The lowest BCUT2D eigenvalue weighted by atomic mass is 10.2. The molecule has 0 heterocycles. The maximum Gasteiger partial charge on any atom is 0.240 e. The minimum absolute atomic E-state index is 0.121. The van der Waals surface area contributed by atoms with Crippen molar-refractivity contribution < 1.29 is 17.6 Å². The summed E-state index contributed by atoms with van der Waals surface area (Å²) in [5.74, 6) is 0.705. The van der Waals surface area contributed by atoms with Gasteiger partial charge in [0, 0.05) is 17.3 Å². The van der Waals surface area contributed by atoms with Crippen LogP contribution in [0.5, 0.6) is 0 Å². The molecule has 0 unspecified atom stereocenters. The molecule has 0 saturated heterocycles. The average molecular weight is 445 g/mol. The number of benzene rings is 2. The first-order chi connectivity index (χ1) is 13.3. The molecule has 0 bridgehead atoms. The summed E-state index contributed by atoms with van der Waals surface area (Å²) in [4.78, 5) is 12.1. The number of halogens is 2. The Morgan fingerprint density at radius 2 is 1.93 bits per heavy atom. The van der Waals surface area contributed by atoms with Crippen molar-refractivity contribution in [1.82, 2.24) is 5.32 Å². The first-order valence-corrected chi connectivity index (χ1v) is 12.0. The van der Waals surface area contributed by atoms with Crippen molar-refractivity contribution >= 4 is 45.0 Å². The lowest BCUT2D eigenvalue weighted by Gasteiger charge is -2.21. The second-order valence-corrected chi connectivity index (χ2v) is 9.58. The van der Waals surface area contributed by atoms with Gasteiger partial charge >= 0.3 is 0 Å². The number of hydrogen-bond donors (Lipinski definition) is 1. The van der Waals surface area contributed by atoms with Crippen molar-refractivity contribution in [2.75, 3.05) is 29.4 Å². The molecule has 0 aliphatic rings. The Balaban J connectivity index is 1.74. The van der Waals surface area contributed by atoms with Gasteiger partial charge in [0.05, 0.1) is 11.9 Å². The predicted molar refractivity (Wildman–Crippen MR) is 114 cm³/mol. The van der Waals surface area contributed by atoms with Gasteiger partial charge in [-0.15, -0.1) is 0 Å². The molecule has 0 aliphatic heterocycles. The minimum Gasteiger partial charge on any atom is -0.354 e. The monoisotopic (exact) mass is 444 g/mol. The summed E-state index contributed by atoms with van der Waals surface area (Å²) in [6.07, 6.45) is 1.74. The van der Waals surface area contributed by atoms with E-state index < -0.39 is 21.7 Å². The van der Waals surface area contributed by atoms with E-state index in [1.54, 1.807) is 11.8 Å². The van der Waals surface area contributed by atoms with E-state index in [0.717, 1.165) is 34.6 Å². The highest BCUT2D eigenvalue weighted by Gasteiger charge is 2.20. The van der Waals surface area contributed by atoms with Crippen LogP contribution in [0, 0.1) is 5.82 Å². The SMILES string of the molecule is CS(=O)(=O)N(CC(=O)NCCCSCc1ccc(Cl)cc1)c1cccc(F)c1. The van der Waals surface area contributed by atoms with Crippen LogP contribution in [0.15, 0.2) is 48.5 Å². The van der Waals surface area contributed by atoms with Crippen LogP contribution < -0.4 is 9.62 Å². The van der Waals surface area contributed by atoms with Gasteiger partial charge in [-0.2, -0.15) is 11.8 Å². The number of rotatable bonds is 10. The molecule has 0 aliphatic carbocycles. The van der Waals surface area contributed by atoms with Gasteiger partial charge in [-0.25, -0.2) is 12.8 Å². The van der Waals surface area contributed by atoms with E-state index in [1.165, 1.54) is 23.8 Å². The van der Waals surface area contributed by atoms with Crippen molar-refractivity contribution in [3.8, 4) is 0 Å². The molecule has 2 rings (SSSR count). The predicted octanol–water partition coefficient (Wildman–Crippen LogP) is 3.68. The third-order valence-corrected chi connectivity index (χ3v) is 6.26. The lowest BCUT2D eigenvalue weighted by molar-refractivity contribution is -0.119. The van der Waals surface area contributed by atoms with Crippen molar-refractivity contribution in [3.63, 3.8) is 0 Å². The molecule has 0 spiro atoms. The molecule has 9 heteroatoms. The summed E-state index contributed by atoms with van der Waals surface area (Å²) in [5.41, 5.74) is 1.30. The van der Waals surface area contributed by atoms with Crippen LogP contribution in [0.2, 0.25) is 5.02 Å². The number of carbonyl (C=O) groups excluding carboxylic acids is 1. The Morgan fingerprint density at radius 3 is 2.57 bits per heavy atom. The van der Waals surface area contributed by atoms with Gasteiger partial charge in [0.2, 0.25) is 15.9 Å². The molecule has 1 N–H and O–H groups in total. The molecule has 2 aromatic carbocycles. The number of anilines is 1. The molecule has 0 atom stereocenters. The summed E-state index contributed by atoms with van der Waals surface area (Å²) in [6.45, 7) is 0.0490. The first kappa shape index (κ1) is 22.5. The molecule has 152 valence electrons. The van der Waals surface area contributed by atoms with E-state index in [-0.39, 0.29) is 12.2 Å². The van der Waals surface area contributed by atoms with Crippen LogP contribution in [0.1, 0.15) is 12.0 Å². The van der Waals surface area contributed by atoms with Gasteiger partial charge in [0.1, 0.15) is 12.4 Å². The summed E-state index contributed by atoms with van der Waals surface area (Å²) < 4.78 is 38.2. The summed E-state index contributed by atoms with van der Waals surface area (Å²) >= 11 is 7.59. The Kier molecular flexibility index (Phi) is 8.59. The van der Waals surface area contributed by atoms with Crippen molar-refractivity contribution in [3.05, 3.63) is 64.9 Å². The molecule has 28 heavy (non-hydrogen) atoms. The highest BCUT2D eigenvalue weighted by Crippen LogP contribution is 2.18. The van der Waals surface area contributed by atoms with Crippen LogP contribution in [-0.2, 0) is 20.6 Å². The van der Waals surface area contributed by atoms with Gasteiger partial charge < -0.3 is 5.32 Å². The maximum absolute atomic E-state index is 13.4. The number of carbonyl (C=O) groups is 1. The third kappa shape index (κ3) is 7.69. The average Bonchev–Trinajstić information content (AvgIpc) is 2.63. The fourth-order valence-electron chi connectivity index (χ4n) is 2.39. The molecule has 5 nitrogen and oxygen atoms in total. The van der Waals surface area contributed by atoms with Gasteiger partial charge in [-0.3, -0.25) is 9.10 Å². The number of amides is 1. The highest BCUT2D eigenvalue weighted by molar-refractivity contribution is 7.98. The number of nitrogens with zero attached hydrogens (tertiary/aromatic N) is 1. The zero-order valence-corrected chi connectivity index (χ0v) is 17.8. The van der Waals surface area contributed by atoms with E-state index in [0.29, 0.717) is 11.6 Å². The number of nitrogens with one attached hydrogen (secondary N) is 1. The molecule has 0 saturated carbocycles.